The minimum absolute atomic E-state index is 0.0120. The monoisotopic (exact) mass is 523 g/mol. The van der Waals surface area contributed by atoms with Crippen molar-refractivity contribution >= 4 is 5.97 Å². The molecule has 1 aromatic carbocycles. The van der Waals surface area contributed by atoms with Crippen molar-refractivity contribution in [2.75, 3.05) is 26.7 Å². The van der Waals surface area contributed by atoms with Crippen molar-refractivity contribution in [3.63, 3.8) is 0 Å². The lowest BCUT2D eigenvalue weighted by atomic mass is 9.41. The summed E-state index contributed by atoms with van der Waals surface area (Å²) < 4.78 is 19.9. The van der Waals surface area contributed by atoms with Crippen molar-refractivity contribution in [3.05, 3.63) is 47.5 Å². The van der Waals surface area contributed by atoms with Crippen molar-refractivity contribution in [1.29, 1.82) is 0 Å². The molecule has 0 radical (unpaired) electrons. The molecule has 0 amide bonds. The molecule has 2 N–H and O–H groups in total. The van der Waals surface area contributed by atoms with Gasteiger partial charge in [0.2, 0.25) is 0 Å². The van der Waals surface area contributed by atoms with Gasteiger partial charge in [0, 0.05) is 42.7 Å². The number of aliphatic hydroxyl groups excluding tert-OH is 1. The highest BCUT2D eigenvalue weighted by Gasteiger charge is 2.80. The summed E-state index contributed by atoms with van der Waals surface area (Å²) in [5.74, 6) is -1.23. The number of benzene rings is 1. The van der Waals surface area contributed by atoms with Crippen molar-refractivity contribution in [2.24, 2.45) is 22.7 Å². The molecule has 1 unspecified atom stereocenters. The molecule has 7 heteroatoms. The summed E-state index contributed by atoms with van der Waals surface area (Å²) in [6.45, 7) is 6.43. The molecule has 3 saturated carbocycles. The van der Waals surface area contributed by atoms with Gasteiger partial charge in [-0.3, -0.25) is 0 Å². The van der Waals surface area contributed by atoms with Gasteiger partial charge < -0.3 is 29.3 Å². The second kappa shape index (κ2) is 8.14. The third kappa shape index (κ3) is 3.00. The molecule has 206 valence electrons. The number of ether oxygens (including phenoxy) is 3. The van der Waals surface area contributed by atoms with Crippen LogP contribution in [0, 0.1) is 22.7 Å². The molecule has 4 aliphatic carbocycles. The average molecular weight is 524 g/mol. The molecule has 8 rings (SSSR count). The Labute approximate surface area is 225 Å². The summed E-state index contributed by atoms with van der Waals surface area (Å²) >= 11 is 0. The zero-order valence-corrected chi connectivity index (χ0v) is 22.8. The quantitative estimate of drug-likeness (QED) is 0.462. The topological polar surface area (TPSA) is 88.5 Å². The van der Waals surface area contributed by atoms with E-state index in [0.717, 1.165) is 44.3 Å². The standard InChI is InChI=1S/C31H41NO6/c1-20(37-26(34)21-7-5-4-6-8-21)23-11-12-30-24-10-9-22-17-29(35)14-13-27(22,2)31(24,38-29)25(33)18-28(23,30)19-32(3)15-16-36-30/h4-8,10,20,22-23,25,33,35H,9,11-19H2,1-3H3/t20-,22-,23?,25-,27+,28+,29-,30+,31+/m1/s1. The first-order chi connectivity index (χ1) is 18.1. The van der Waals surface area contributed by atoms with Crippen LogP contribution in [0.15, 0.2) is 42.0 Å². The molecule has 3 heterocycles. The van der Waals surface area contributed by atoms with Crippen LogP contribution in [0.3, 0.4) is 0 Å². The number of aliphatic hydroxyl groups is 2. The molecule has 0 aromatic heterocycles. The number of allylic oxidation sites excluding steroid dienone is 1. The molecular weight excluding hydrogens is 482 g/mol. The first-order valence-corrected chi connectivity index (χ1v) is 14.5. The number of hydrogen-bond donors (Lipinski definition) is 2. The lowest BCUT2D eigenvalue weighted by Gasteiger charge is -2.73. The van der Waals surface area contributed by atoms with Crippen molar-refractivity contribution in [2.45, 2.75) is 88.0 Å². The number of fused-ring (bicyclic) bond motifs is 1. The van der Waals surface area contributed by atoms with E-state index in [1.54, 1.807) is 12.1 Å². The van der Waals surface area contributed by atoms with E-state index in [2.05, 4.69) is 24.9 Å². The summed E-state index contributed by atoms with van der Waals surface area (Å²) in [6, 6.07) is 9.16. The highest BCUT2D eigenvalue weighted by atomic mass is 16.7. The fourth-order valence-electron chi connectivity index (χ4n) is 10.1. The van der Waals surface area contributed by atoms with Gasteiger partial charge in [-0.1, -0.05) is 31.2 Å². The van der Waals surface area contributed by atoms with Gasteiger partial charge in [0.15, 0.2) is 5.79 Å². The van der Waals surface area contributed by atoms with E-state index in [4.69, 9.17) is 14.2 Å². The lowest BCUT2D eigenvalue weighted by molar-refractivity contribution is -0.403. The van der Waals surface area contributed by atoms with Crippen LogP contribution < -0.4 is 0 Å². The smallest absolute Gasteiger partial charge is 0.338 e. The van der Waals surface area contributed by atoms with Crippen LogP contribution in [0.5, 0.6) is 0 Å². The normalized spacial score (nSPS) is 48.2. The first-order valence-electron chi connectivity index (χ1n) is 14.5. The Bertz CT molecular complexity index is 1170. The minimum Gasteiger partial charge on any atom is -0.459 e. The van der Waals surface area contributed by atoms with E-state index in [1.807, 2.05) is 25.1 Å². The Hall–Kier alpha value is -1.77. The van der Waals surface area contributed by atoms with Crippen LogP contribution in [-0.2, 0) is 14.2 Å². The maximum atomic E-state index is 13.1. The van der Waals surface area contributed by atoms with E-state index in [-0.39, 0.29) is 29.3 Å². The predicted octanol–water partition coefficient (Wildman–Crippen LogP) is 3.69. The number of likely N-dealkylation sites (N-methyl/N-ethyl adjacent to an activating group) is 1. The van der Waals surface area contributed by atoms with E-state index in [1.165, 1.54) is 0 Å². The van der Waals surface area contributed by atoms with Crippen LogP contribution in [-0.4, -0.2) is 77.0 Å². The number of rotatable bonds is 3. The lowest BCUT2D eigenvalue weighted by Crippen LogP contribution is -2.79. The summed E-state index contributed by atoms with van der Waals surface area (Å²) in [5, 5.41) is 23.8. The number of nitrogens with zero attached hydrogens (tertiary/aromatic N) is 1. The maximum Gasteiger partial charge on any atom is 0.338 e. The van der Waals surface area contributed by atoms with E-state index < -0.39 is 28.5 Å². The summed E-state index contributed by atoms with van der Waals surface area (Å²) in [7, 11) is 2.12. The zero-order valence-electron chi connectivity index (χ0n) is 22.8. The van der Waals surface area contributed by atoms with Crippen molar-refractivity contribution in [3.8, 4) is 0 Å². The van der Waals surface area contributed by atoms with Gasteiger partial charge in [-0.2, -0.15) is 0 Å². The molecule has 6 fully saturated rings. The third-order valence-electron chi connectivity index (χ3n) is 11.7. The molecule has 1 spiro atoms. The molecule has 9 atom stereocenters. The Balaban J connectivity index is 1.33. The average Bonchev–Trinajstić information content (AvgIpc) is 3.10. The van der Waals surface area contributed by atoms with Gasteiger partial charge in [-0.05, 0) is 69.7 Å². The van der Waals surface area contributed by atoms with Gasteiger partial charge in [-0.25, -0.2) is 4.79 Å². The molecule has 3 saturated heterocycles. The largest absolute Gasteiger partial charge is 0.459 e. The highest BCUT2D eigenvalue weighted by Crippen LogP contribution is 2.75. The summed E-state index contributed by atoms with van der Waals surface area (Å²) in [4.78, 5) is 15.4. The second-order valence-electron chi connectivity index (χ2n) is 13.4. The van der Waals surface area contributed by atoms with Gasteiger partial charge in [0.1, 0.15) is 11.7 Å². The van der Waals surface area contributed by atoms with E-state index >= 15 is 0 Å². The number of esters is 1. The second-order valence-corrected chi connectivity index (χ2v) is 13.4. The van der Waals surface area contributed by atoms with Gasteiger partial charge in [0.25, 0.3) is 0 Å². The maximum absolute atomic E-state index is 13.1. The third-order valence-corrected chi connectivity index (χ3v) is 11.7. The number of carbonyl (C=O) groups excluding carboxylic acids is 1. The number of hydrogen-bond acceptors (Lipinski definition) is 7. The fraction of sp³-hybridized carbons (Fsp3) is 0.710. The van der Waals surface area contributed by atoms with Crippen LogP contribution in [0.2, 0.25) is 0 Å². The SMILES string of the molecule is C[C@@H](OC(=O)c1ccccc1)C1CC[C@@]23OCCN(C)C[C@@]12C[C@@H](O)[C@]12O[C@]4(O)CC[C@@]1(C)[C@H](CC=C32)C4. The Kier molecular flexibility index (Phi) is 5.40. The summed E-state index contributed by atoms with van der Waals surface area (Å²) in [5.41, 5.74) is -0.681. The zero-order chi connectivity index (χ0) is 26.6. The molecule has 7 nitrogen and oxygen atoms in total. The van der Waals surface area contributed by atoms with Crippen LogP contribution in [0.25, 0.3) is 0 Å². The number of carbonyl (C=O) groups is 1. The minimum atomic E-state index is -1.20. The van der Waals surface area contributed by atoms with Crippen molar-refractivity contribution in [1.82, 2.24) is 4.90 Å². The first kappa shape index (κ1) is 25.2. The predicted molar refractivity (Wildman–Crippen MR) is 140 cm³/mol. The fourth-order valence-corrected chi connectivity index (χ4v) is 10.1. The van der Waals surface area contributed by atoms with Crippen molar-refractivity contribution < 1.29 is 29.2 Å². The van der Waals surface area contributed by atoms with Gasteiger partial charge in [-0.15, -0.1) is 0 Å². The van der Waals surface area contributed by atoms with Gasteiger partial charge in [0.05, 0.1) is 23.9 Å². The Morgan fingerprint density at radius 3 is 2.76 bits per heavy atom. The Morgan fingerprint density at radius 1 is 1.18 bits per heavy atom. The highest BCUT2D eigenvalue weighted by molar-refractivity contribution is 5.89. The molecule has 38 heavy (non-hydrogen) atoms. The van der Waals surface area contributed by atoms with Gasteiger partial charge >= 0.3 is 5.97 Å². The van der Waals surface area contributed by atoms with E-state index in [9.17, 15) is 15.0 Å². The molecule has 3 aliphatic heterocycles. The molecule has 7 aliphatic rings. The molecular formula is C31H41NO6. The summed E-state index contributed by atoms with van der Waals surface area (Å²) in [6.07, 6.45) is 6.23. The molecule has 4 bridgehead atoms. The van der Waals surface area contributed by atoms with Crippen LogP contribution in [0.1, 0.15) is 69.2 Å². The van der Waals surface area contributed by atoms with Crippen LogP contribution in [0.4, 0.5) is 0 Å². The van der Waals surface area contributed by atoms with Crippen LogP contribution >= 0.6 is 0 Å². The van der Waals surface area contributed by atoms with E-state index in [0.29, 0.717) is 31.4 Å². The Morgan fingerprint density at radius 2 is 1.97 bits per heavy atom. The molecule has 1 aromatic rings.